The van der Waals surface area contributed by atoms with Crippen LogP contribution in [0.2, 0.25) is 0 Å². The topological polar surface area (TPSA) is 81.8 Å². The third-order valence-electron chi connectivity index (χ3n) is 4.46. The maximum Gasteiger partial charge on any atom is 0.279 e. The molecule has 4 rings (SSSR count). The average Bonchev–Trinajstić information content (AvgIpc) is 3.26. The number of nitrogens with zero attached hydrogens (tertiary/aromatic N) is 4. The normalized spacial score (nSPS) is 10.9. The van der Waals surface area contributed by atoms with Gasteiger partial charge in [-0.05, 0) is 24.6 Å². The zero-order chi connectivity index (χ0) is 19.3. The van der Waals surface area contributed by atoms with Crippen molar-refractivity contribution in [2.24, 2.45) is 0 Å². The lowest BCUT2D eigenvalue weighted by atomic mass is 10.1. The molecule has 2 aromatic carbocycles. The molecule has 7 nitrogen and oxygen atoms in total. The van der Waals surface area contributed by atoms with Gasteiger partial charge in [0, 0.05) is 30.9 Å². The van der Waals surface area contributed by atoms with Gasteiger partial charge in [0.1, 0.15) is 0 Å². The molecular formula is C21H19N5O2. The SMILES string of the molecule is O=C(NCCCn1ccnc1)c1nn(-c2ccccc2)c(=O)c2ccccc12. The lowest BCUT2D eigenvalue weighted by Gasteiger charge is -2.11. The third kappa shape index (κ3) is 3.55. The fourth-order valence-electron chi connectivity index (χ4n) is 3.07. The van der Waals surface area contributed by atoms with E-state index in [9.17, 15) is 9.59 Å². The Balaban J connectivity index is 1.63. The lowest BCUT2D eigenvalue weighted by Crippen LogP contribution is -2.30. The summed E-state index contributed by atoms with van der Waals surface area (Å²) in [5.74, 6) is -0.300. The molecule has 0 aliphatic rings. The molecule has 0 aliphatic carbocycles. The minimum atomic E-state index is -0.300. The van der Waals surface area contributed by atoms with Gasteiger partial charge in [-0.3, -0.25) is 9.59 Å². The van der Waals surface area contributed by atoms with Crippen LogP contribution in [0.5, 0.6) is 0 Å². The van der Waals surface area contributed by atoms with Gasteiger partial charge in [-0.2, -0.15) is 9.78 Å². The molecule has 4 aromatic rings. The first kappa shape index (κ1) is 17.7. The van der Waals surface area contributed by atoms with Crippen molar-refractivity contribution in [2.75, 3.05) is 6.54 Å². The second kappa shape index (κ2) is 7.87. The zero-order valence-electron chi connectivity index (χ0n) is 15.2. The van der Waals surface area contributed by atoms with Gasteiger partial charge in [-0.25, -0.2) is 4.98 Å². The highest BCUT2D eigenvalue weighted by molar-refractivity contribution is 6.04. The van der Waals surface area contributed by atoms with Crippen LogP contribution in [0, 0.1) is 0 Å². The van der Waals surface area contributed by atoms with Crippen LogP contribution in [0.15, 0.2) is 78.1 Å². The van der Waals surface area contributed by atoms with Crippen LogP contribution in [0.4, 0.5) is 0 Å². The van der Waals surface area contributed by atoms with E-state index in [4.69, 9.17) is 0 Å². The Bertz CT molecular complexity index is 1150. The Hall–Kier alpha value is -3.74. The van der Waals surface area contributed by atoms with E-state index in [1.165, 1.54) is 4.68 Å². The van der Waals surface area contributed by atoms with Gasteiger partial charge in [0.15, 0.2) is 5.69 Å². The second-order valence-electron chi connectivity index (χ2n) is 6.36. The van der Waals surface area contributed by atoms with Crippen molar-refractivity contribution >= 4 is 16.7 Å². The molecule has 2 aromatic heterocycles. The summed E-state index contributed by atoms with van der Waals surface area (Å²) in [6.07, 6.45) is 6.11. The quantitative estimate of drug-likeness (QED) is 0.526. The van der Waals surface area contributed by atoms with Gasteiger partial charge in [-0.1, -0.05) is 36.4 Å². The summed E-state index contributed by atoms with van der Waals surface area (Å²) in [6.45, 7) is 1.26. The summed E-state index contributed by atoms with van der Waals surface area (Å²) in [6, 6.07) is 16.1. The number of rotatable bonds is 6. The number of imidazole rings is 1. The number of hydrogen-bond acceptors (Lipinski definition) is 4. The van der Waals surface area contributed by atoms with Gasteiger partial charge in [0.05, 0.1) is 17.4 Å². The van der Waals surface area contributed by atoms with Gasteiger partial charge in [0.2, 0.25) is 0 Å². The van der Waals surface area contributed by atoms with Gasteiger partial charge in [-0.15, -0.1) is 0 Å². The van der Waals surface area contributed by atoms with Crippen molar-refractivity contribution in [2.45, 2.75) is 13.0 Å². The van der Waals surface area contributed by atoms with Crippen LogP contribution in [0.3, 0.4) is 0 Å². The number of amides is 1. The van der Waals surface area contributed by atoms with Crippen LogP contribution >= 0.6 is 0 Å². The molecule has 0 saturated heterocycles. The molecule has 7 heteroatoms. The lowest BCUT2D eigenvalue weighted by molar-refractivity contribution is 0.0948. The molecule has 0 spiro atoms. The molecule has 0 atom stereocenters. The standard InChI is InChI=1S/C21H19N5O2/c27-20(23-11-6-13-25-14-12-22-15-25)19-17-9-4-5-10-18(17)21(28)26(24-19)16-7-2-1-3-8-16/h1-5,7-10,12,14-15H,6,11,13H2,(H,23,27). The molecule has 140 valence electrons. The number of carbonyl (C=O) groups excluding carboxylic acids is 1. The smallest absolute Gasteiger partial charge is 0.279 e. The van der Waals surface area contributed by atoms with E-state index in [1.54, 1.807) is 48.9 Å². The maximum absolute atomic E-state index is 12.9. The summed E-state index contributed by atoms with van der Waals surface area (Å²) >= 11 is 0. The van der Waals surface area contributed by atoms with E-state index in [-0.39, 0.29) is 17.2 Å². The Morgan fingerprint density at radius 1 is 1.00 bits per heavy atom. The number of aromatic nitrogens is 4. The number of para-hydroxylation sites is 1. The van der Waals surface area contributed by atoms with E-state index in [0.29, 0.717) is 23.0 Å². The predicted molar refractivity (Wildman–Crippen MR) is 107 cm³/mol. The second-order valence-corrected chi connectivity index (χ2v) is 6.36. The Morgan fingerprint density at radius 3 is 2.50 bits per heavy atom. The van der Waals surface area contributed by atoms with Crippen molar-refractivity contribution in [1.29, 1.82) is 0 Å². The monoisotopic (exact) mass is 373 g/mol. The minimum absolute atomic E-state index is 0.238. The highest BCUT2D eigenvalue weighted by Gasteiger charge is 2.17. The van der Waals surface area contributed by atoms with E-state index in [2.05, 4.69) is 15.4 Å². The van der Waals surface area contributed by atoms with Crippen molar-refractivity contribution < 1.29 is 4.79 Å². The number of aryl methyl sites for hydroxylation is 1. The molecule has 0 fully saturated rings. The summed E-state index contributed by atoms with van der Waals surface area (Å²) in [7, 11) is 0. The fraction of sp³-hybridized carbons (Fsp3) is 0.143. The van der Waals surface area contributed by atoms with E-state index >= 15 is 0 Å². The highest BCUT2D eigenvalue weighted by atomic mass is 16.2. The number of carbonyl (C=O) groups is 1. The van der Waals surface area contributed by atoms with Crippen molar-refractivity contribution in [1.82, 2.24) is 24.6 Å². The first-order valence-electron chi connectivity index (χ1n) is 9.05. The minimum Gasteiger partial charge on any atom is -0.351 e. The Morgan fingerprint density at radius 2 is 1.75 bits per heavy atom. The molecular weight excluding hydrogens is 354 g/mol. The van der Waals surface area contributed by atoms with Crippen LogP contribution in [0.25, 0.3) is 16.5 Å². The molecule has 0 bridgehead atoms. The third-order valence-corrected chi connectivity index (χ3v) is 4.46. The van der Waals surface area contributed by atoms with E-state index in [0.717, 1.165) is 13.0 Å². The van der Waals surface area contributed by atoms with Gasteiger partial charge in [0.25, 0.3) is 11.5 Å². The molecule has 1 amide bonds. The van der Waals surface area contributed by atoms with Crippen molar-refractivity contribution in [3.8, 4) is 5.69 Å². The first-order chi connectivity index (χ1) is 13.7. The zero-order valence-corrected chi connectivity index (χ0v) is 15.2. The number of hydrogen-bond donors (Lipinski definition) is 1. The van der Waals surface area contributed by atoms with Crippen LogP contribution in [-0.4, -0.2) is 31.8 Å². The molecule has 0 unspecified atom stereocenters. The fourth-order valence-corrected chi connectivity index (χ4v) is 3.07. The van der Waals surface area contributed by atoms with Crippen LogP contribution < -0.4 is 10.9 Å². The van der Waals surface area contributed by atoms with Crippen molar-refractivity contribution in [3.63, 3.8) is 0 Å². The van der Waals surface area contributed by atoms with Crippen LogP contribution in [-0.2, 0) is 6.54 Å². The number of nitrogens with one attached hydrogen (secondary N) is 1. The van der Waals surface area contributed by atoms with E-state index < -0.39 is 0 Å². The average molecular weight is 373 g/mol. The molecule has 28 heavy (non-hydrogen) atoms. The van der Waals surface area contributed by atoms with Gasteiger partial charge < -0.3 is 9.88 Å². The van der Waals surface area contributed by atoms with Crippen LogP contribution in [0.1, 0.15) is 16.9 Å². The van der Waals surface area contributed by atoms with Gasteiger partial charge >= 0.3 is 0 Å². The molecule has 0 radical (unpaired) electrons. The Kier molecular flexibility index (Phi) is 4.97. The first-order valence-corrected chi connectivity index (χ1v) is 9.05. The van der Waals surface area contributed by atoms with Crippen molar-refractivity contribution in [3.05, 3.63) is 89.4 Å². The van der Waals surface area contributed by atoms with E-state index in [1.807, 2.05) is 29.0 Å². The summed E-state index contributed by atoms with van der Waals surface area (Å²) in [5, 5.41) is 8.29. The maximum atomic E-state index is 12.9. The molecule has 0 aliphatic heterocycles. The number of fused-ring (bicyclic) bond motifs is 1. The molecule has 2 heterocycles. The summed E-state index contributed by atoms with van der Waals surface area (Å²) in [4.78, 5) is 29.7. The summed E-state index contributed by atoms with van der Waals surface area (Å²) < 4.78 is 3.23. The largest absolute Gasteiger partial charge is 0.351 e. The Labute approximate surface area is 161 Å². The highest BCUT2D eigenvalue weighted by Crippen LogP contribution is 2.15. The predicted octanol–water partition coefficient (Wildman–Crippen LogP) is 2.40. The molecule has 0 saturated carbocycles. The number of benzene rings is 2. The summed E-state index contributed by atoms with van der Waals surface area (Å²) in [5.41, 5.74) is 0.604. The molecule has 1 N–H and O–H groups in total.